The van der Waals surface area contributed by atoms with Crippen molar-refractivity contribution in [1.82, 2.24) is 4.98 Å². The van der Waals surface area contributed by atoms with Crippen molar-refractivity contribution in [3.63, 3.8) is 0 Å². The van der Waals surface area contributed by atoms with Gasteiger partial charge in [0, 0.05) is 22.5 Å². The smallest absolute Gasteiger partial charge is 0.279 e. The van der Waals surface area contributed by atoms with Gasteiger partial charge in [-0.3, -0.25) is 4.98 Å². The lowest BCUT2D eigenvalue weighted by molar-refractivity contribution is 0.487. The third kappa shape index (κ3) is 4.17. The number of nitrogens with zero attached hydrogens (tertiary/aromatic N) is 2. The Morgan fingerprint density at radius 3 is 2.00 bits per heavy atom. The van der Waals surface area contributed by atoms with Crippen molar-refractivity contribution in [3.8, 4) is 33.9 Å². The van der Waals surface area contributed by atoms with E-state index in [1.807, 2.05) is 0 Å². The van der Waals surface area contributed by atoms with E-state index in [1.165, 1.54) is 16.7 Å². The van der Waals surface area contributed by atoms with E-state index in [2.05, 4.69) is 159 Å². The molecule has 0 N–H and O–H groups in total. The first-order valence-corrected chi connectivity index (χ1v) is 14.9. The van der Waals surface area contributed by atoms with Gasteiger partial charge in [0.15, 0.2) is 0 Å². The summed E-state index contributed by atoms with van der Waals surface area (Å²) < 4.78 is 6.67. The first-order valence-electron chi connectivity index (χ1n) is 14.9. The number of aromatic nitrogens is 1. The molecule has 0 fully saturated rings. The molecule has 1 aromatic heterocycles. The molecule has 0 bridgehead atoms. The third-order valence-corrected chi connectivity index (χ3v) is 8.63. The summed E-state index contributed by atoms with van der Waals surface area (Å²) in [5, 5.41) is 0. The second kappa shape index (κ2) is 9.74. The van der Waals surface area contributed by atoms with Gasteiger partial charge in [-0.05, 0) is 69.4 Å². The molecule has 0 amide bonds. The zero-order chi connectivity index (χ0) is 29.1. The van der Waals surface area contributed by atoms with Gasteiger partial charge >= 0.3 is 0 Å². The lowest BCUT2D eigenvalue weighted by Gasteiger charge is -2.42. The minimum absolute atomic E-state index is 0.0849. The molecule has 0 saturated heterocycles. The second-order valence-electron chi connectivity index (χ2n) is 12.4. The summed E-state index contributed by atoms with van der Waals surface area (Å²) in [5.74, 6) is 1.77. The second-order valence-corrected chi connectivity index (χ2v) is 12.4. The maximum absolute atomic E-state index is 6.67. The Labute approximate surface area is 253 Å². The van der Waals surface area contributed by atoms with Gasteiger partial charge in [0.05, 0.1) is 11.4 Å². The molecule has 8 rings (SSSR count). The molecule has 3 nitrogen and oxygen atoms in total. The highest BCUT2D eigenvalue weighted by Gasteiger charge is 2.45. The standard InChI is InChI=1S/C39H31BN2O/c1-39(2,3)30-25-32(27-16-9-5-10-17-27)41-38-37(30)42(29-18-11-6-12-19-29)33-20-13-21-35-36(33)40(38)31-24-28(22-23-34(31)43-35)26-14-7-4-8-15-26/h4-25H,1-3H3. The first-order chi connectivity index (χ1) is 21.0. The normalized spacial score (nSPS) is 13.1. The average molecular weight is 555 g/mol. The van der Waals surface area contributed by atoms with Gasteiger partial charge in [0.25, 0.3) is 6.71 Å². The van der Waals surface area contributed by atoms with Gasteiger partial charge in [-0.25, -0.2) is 0 Å². The topological polar surface area (TPSA) is 25.4 Å². The van der Waals surface area contributed by atoms with Crippen LogP contribution >= 0.6 is 0 Å². The summed E-state index contributed by atoms with van der Waals surface area (Å²) in [4.78, 5) is 7.97. The molecule has 2 aliphatic heterocycles. The number of fused-ring (bicyclic) bond motifs is 4. The molecule has 43 heavy (non-hydrogen) atoms. The van der Waals surface area contributed by atoms with E-state index < -0.39 is 0 Å². The van der Waals surface area contributed by atoms with Crippen LogP contribution in [0.1, 0.15) is 26.3 Å². The molecule has 6 aromatic rings. The number of rotatable bonds is 3. The summed E-state index contributed by atoms with van der Waals surface area (Å²) in [6.45, 7) is 6.83. The highest BCUT2D eigenvalue weighted by Crippen LogP contribution is 2.45. The van der Waals surface area contributed by atoms with Crippen LogP contribution in [0, 0.1) is 0 Å². The highest BCUT2D eigenvalue weighted by atomic mass is 16.5. The van der Waals surface area contributed by atoms with Gasteiger partial charge < -0.3 is 9.64 Å². The molecule has 0 spiro atoms. The zero-order valence-electron chi connectivity index (χ0n) is 24.6. The van der Waals surface area contributed by atoms with Crippen LogP contribution in [-0.2, 0) is 5.41 Å². The fraction of sp³-hybridized carbons (Fsp3) is 0.103. The van der Waals surface area contributed by atoms with Gasteiger partial charge in [0.2, 0.25) is 0 Å². The van der Waals surface area contributed by atoms with Gasteiger partial charge in [-0.1, -0.05) is 118 Å². The number of benzene rings is 5. The van der Waals surface area contributed by atoms with Crippen molar-refractivity contribution in [1.29, 1.82) is 0 Å². The van der Waals surface area contributed by atoms with E-state index in [1.54, 1.807) is 0 Å². The van der Waals surface area contributed by atoms with Crippen molar-refractivity contribution in [2.45, 2.75) is 26.2 Å². The van der Waals surface area contributed by atoms with Crippen LogP contribution < -0.4 is 26.2 Å². The van der Waals surface area contributed by atoms with Crippen molar-refractivity contribution < 1.29 is 4.74 Å². The SMILES string of the molecule is CC(C)(C)c1cc(-c2ccccc2)nc2c1N(c1ccccc1)c1cccc3c1B2c1cc(-c2ccccc2)ccc1O3. The Kier molecular flexibility index (Phi) is 5.80. The molecule has 0 radical (unpaired) electrons. The number of ether oxygens (including phenoxy) is 1. The van der Waals surface area contributed by atoms with Crippen LogP contribution in [0.25, 0.3) is 22.4 Å². The van der Waals surface area contributed by atoms with Crippen molar-refractivity contribution in [3.05, 3.63) is 139 Å². The quantitative estimate of drug-likeness (QED) is 0.206. The first kappa shape index (κ1) is 25.6. The molecule has 2 aliphatic rings. The fourth-order valence-electron chi connectivity index (χ4n) is 6.63. The number of para-hydroxylation sites is 1. The minimum Gasteiger partial charge on any atom is -0.458 e. The minimum atomic E-state index is -0.140. The molecule has 5 aromatic carbocycles. The number of pyridine rings is 1. The number of anilines is 3. The third-order valence-electron chi connectivity index (χ3n) is 8.63. The molecule has 0 unspecified atom stereocenters. The lowest BCUT2D eigenvalue weighted by atomic mass is 9.35. The summed E-state index contributed by atoms with van der Waals surface area (Å²) in [6, 6.07) is 47.1. The summed E-state index contributed by atoms with van der Waals surface area (Å²) in [6.07, 6.45) is 0. The summed E-state index contributed by atoms with van der Waals surface area (Å²) in [5.41, 5.74) is 12.4. The average Bonchev–Trinajstić information content (AvgIpc) is 3.05. The maximum Gasteiger partial charge on any atom is 0.279 e. The Morgan fingerprint density at radius 1 is 0.628 bits per heavy atom. The molecule has 0 saturated carbocycles. The number of hydrogen-bond donors (Lipinski definition) is 0. The van der Waals surface area contributed by atoms with E-state index in [4.69, 9.17) is 9.72 Å². The van der Waals surface area contributed by atoms with Crippen LogP contribution in [0.2, 0.25) is 0 Å². The summed E-state index contributed by atoms with van der Waals surface area (Å²) in [7, 11) is 0. The molecule has 0 aliphatic carbocycles. The Balaban J connectivity index is 1.48. The molecule has 206 valence electrons. The highest BCUT2D eigenvalue weighted by molar-refractivity contribution is 6.99. The molecular weight excluding hydrogens is 523 g/mol. The van der Waals surface area contributed by atoms with Crippen LogP contribution in [0.3, 0.4) is 0 Å². The Hall–Kier alpha value is -5.09. The van der Waals surface area contributed by atoms with E-state index in [-0.39, 0.29) is 12.1 Å². The largest absolute Gasteiger partial charge is 0.458 e. The molecule has 3 heterocycles. The Bertz CT molecular complexity index is 1980. The van der Waals surface area contributed by atoms with Crippen molar-refractivity contribution in [2.75, 3.05) is 4.90 Å². The van der Waals surface area contributed by atoms with E-state index in [0.717, 1.165) is 56.3 Å². The van der Waals surface area contributed by atoms with E-state index >= 15 is 0 Å². The molecule has 4 heteroatoms. The van der Waals surface area contributed by atoms with Gasteiger partial charge in [-0.15, -0.1) is 0 Å². The van der Waals surface area contributed by atoms with E-state index in [0.29, 0.717) is 0 Å². The fourth-order valence-corrected chi connectivity index (χ4v) is 6.63. The van der Waals surface area contributed by atoms with Crippen LogP contribution in [0.5, 0.6) is 11.5 Å². The monoisotopic (exact) mass is 554 g/mol. The molecular formula is C39H31BN2O. The predicted molar refractivity (Wildman–Crippen MR) is 180 cm³/mol. The number of hydrogen-bond acceptors (Lipinski definition) is 3. The summed E-state index contributed by atoms with van der Waals surface area (Å²) >= 11 is 0. The lowest BCUT2D eigenvalue weighted by Crippen LogP contribution is -2.61. The van der Waals surface area contributed by atoms with E-state index in [9.17, 15) is 0 Å². The zero-order valence-corrected chi connectivity index (χ0v) is 24.6. The Morgan fingerprint density at radius 2 is 1.30 bits per heavy atom. The van der Waals surface area contributed by atoms with Gasteiger partial charge in [-0.2, -0.15) is 0 Å². The predicted octanol–water partition coefficient (Wildman–Crippen LogP) is 8.12. The van der Waals surface area contributed by atoms with Crippen LogP contribution in [0.15, 0.2) is 133 Å². The van der Waals surface area contributed by atoms with Crippen molar-refractivity contribution in [2.24, 2.45) is 0 Å². The maximum atomic E-state index is 6.67. The van der Waals surface area contributed by atoms with Crippen LogP contribution in [-0.4, -0.2) is 11.7 Å². The van der Waals surface area contributed by atoms with Crippen molar-refractivity contribution >= 4 is 40.3 Å². The molecule has 0 atom stereocenters. The van der Waals surface area contributed by atoms with Gasteiger partial charge in [0.1, 0.15) is 11.5 Å². The van der Waals surface area contributed by atoms with Crippen LogP contribution in [0.4, 0.5) is 17.1 Å².